The lowest BCUT2D eigenvalue weighted by molar-refractivity contribution is -0.161. The minimum Gasteiger partial charge on any atom is -0.462 e. The fourth-order valence-corrected chi connectivity index (χ4v) is 11.3. The second-order valence-electron chi connectivity index (χ2n) is 23.7. The van der Waals surface area contributed by atoms with Gasteiger partial charge in [-0.25, -0.2) is 4.57 Å². The van der Waals surface area contributed by atoms with Crippen LogP contribution in [0.25, 0.3) is 0 Å². The van der Waals surface area contributed by atoms with Gasteiger partial charge >= 0.3 is 19.8 Å². The number of phosphoric ester groups is 1. The molecule has 9 nitrogen and oxygen atoms in total. The van der Waals surface area contributed by atoms with Crippen molar-refractivity contribution in [3.63, 3.8) is 0 Å². The molecule has 10 heteroatoms. The van der Waals surface area contributed by atoms with Gasteiger partial charge in [0.25, 0.3) is 0 Å². The van der Waals surface area contributed by atoms with E-state index in [-0.39, 0.29) is 38.6 Å². The summed E-state index contributed by atoms with van der Waals surface area (Å²) in [5.41, 5.74) is 5.40. The van der Waals surface area contributed by atoms with Crippen molar-refractivity contribution in [3.8, 4) is 0 Å². The number of carbonyl (C=O) groups excluding carboxylic acids is 2. The molecule has 0 rings (SSSR count). The van der Waals surface area contributed by atoms with Gasteiger partial charge in [0, 0.05) is 19.4 Å². The molecule has 0 spiro atoms. The first kappa shape index (κ1) is 79.7. The molecule has 82 heavy (non-hydrogen) atoms. The number of allylic oxidation sites excluding steroid dienone is 10. The normalized spacial score (nSPS) is 13.3. The van der Waals surface area contributed by atoms with Crippen LogP contribution in [-0.2, 0) is 32.7 Å². The van der Waals surface area contributed by atoms with Gasteiger partial charge in [0.05, 0.1) is 13.2 Å². The average molecular weight is 1170 g/mol. The van der Waals surface area contributed by atoms with Gasteiger partial charge in [-0.15, -0.1) is 0 Å². The molecule has 0 aliphatic rings. The lowest BCUT2D eigenvalue weighted by atomic mass is 10.0. The number of phosphoric acid groups is 1. The number of carbonyl (C=O) groups is 2. The minimum atomic E-state index is -4.39. The first-order chi connectivity index (χ1) is 40.3. The fourth-order valence-electron chi connectivity index (χ4n) is 10.5. The summed E-state index contributed by atoms with van der Waals surface area (Å²) in [6, 6.07) is 0. The van der Waals surface area contributed by atoms with Crippen LogP contribution in [0.3, 0.4) is 0 Å². The molecule has 0 aromatic heterocycles. The predicted molar refractivity (Wildman–Crippen MR) is 353 cm³/mol. The van der Waals surface area contributed by atoms with E-state index >= 15 is 0 Å². The Kier molecular flexibility index (Phi) is 65.9. The number of unbranched alkanes of at least 4 members (excludes halogenated alkanes) is 44. The van der Waals surface area contributed by atoms with Crippen LogP contribution >= 0.6 is 7.82 Å². The van der Waals surface area contributed by atoms with E-state index in [9.17, 15) is 19.0 Å². The van der Waals surface area contributed by atoms with Crippen molar-refractivity contribution >= 4 is 19.8 Å². The molecule has 0 saturated heterocycles. The molecule has 2 atom stereocenters. The summed E-state index contributed by atoms with van der Waals surface area (Å²) in [4.78, 5) is 35.4. The maximum absolute atomic E-state index is 12.8. The zero-order valence-corrected chi connectivity index (χ0v) is 54.9. The Labute approximate surface area is 508 Å². The van der Waals surface area contributed by atoms with Gasteiger partial charge in [0.2, 0.25) is 0 Å². The van der Waals surface area contributed by atoms with E-state index in [0.29, 0.717) is 6.42 Å². The van der Waals surface area contributed by atoms with Crippen molar-refractivity contribution in [1.82, 2.24) is 0 Å². The predicted octanol–water partition coefficient (Wildman–Crippen LogP) is 23.0. The number of hydrogen-bond acceptors (Lipinski definition) is 8. The Bertz CT molecular complexity index is 1530. The third kappa shape index (κ3) is 66.8. The maximum atomic E-state index is 12.8. The Morgan fingerprint density at radius 3 is 1.00 bits per heavy atom. The van der Waals surface area contributed by atoms with Gasteiger partial charge in [-0.05, 0) is 57.8 Å². The van der Waals surface area contributed by atoms with Crippen LogP contribution in [0.2, 0.25) is 0 Å². The number of nitrogens with two attached hydrogens (primary N) is 1. The monoisotopic (exact) mass is 1170 g/mol. The zero-order chi connectivity index (χ0) is 59.4. The van der Waals surface area contributed by atoms with Crippen LogP contribution in [0.5, 0.6) is 0 Å². The van der Waals surface area contributed by atoms with Crippen LogP contribution in [0.15, 0.2) is 60.8 Å². The summed E-state index contributed by atoms with van der Waals surface area (Å²) in [5, 5.41) is 0. The van der Waals surface area contributed by atoms with E-state index in [2.05, 4.69) is 74.6 Å². The van der Waals surface area contributed by atoms with E-state index < -0.39 is 26.5 Å². The summed E-state index contributed by atoms with van der Waals surface area (Å²) < 4.78 is 33.2. The Balaban J connectivity index is 3.82. The number of ether oxygens (including phenoxy) is 2. The molecular weight excluding hydrogens is 1040 g/mol. The summed E-state index contributed by atoms with van der Waals surface area (Å²) in [7, 11) is -4.39. The molecule has 3 N–H and O–H groups in total. The molecule has 2 unspecified atom stereocenters. The lowest BCUT2D eigenvalue weighted by Gasteiger charge is -2.19. The van der Waals surface area contributed by atoms with Crippen LogP contribution in [0.4, 0.5) is 0 Å². The Morgan fingerprint density at radius 2 is 0.671 bits per heavy atom. The van der Waals surface area contributed by atoms with Gasteiger partial charge in [-0.3, -0.25) is 18.6 Å². The molecule has 0 fully saturated rings. The molecule has 0 aliphatic heterocycles. The van der Waals surface area contributed by atoms with E-state index in [1.165, 1.54) is 257 Å². The SMILES string of the molecule is CC/C=C\C/C=C\C/C=C\C/C=C\C/C=C\CCCCCCCCCCCCCCCCCCCCCC(=O)OC(COC(=O)CCCCCCCCCCCCCCCCCCCCCCCCCCCC)COP(=O)(O)OCCN. The maximum Gasteiger partial charge on any atom is 0.472 e. The highest BCUT2D eigenvalue weighted by Crippen LogP contribution is 2.43. The van der Waals surface area contributed by atoms with E-state index in [0.717, 1.165) is 64.2 Å². The van der Waals surface area contributed by atoms with Gasteiger partial charge in [-0.2, -0.15) is 0 Å². The topological polar surface area (TPSA) is 134 Å². The molecule has 0 heterocycles. The Hall–Kier alpha value is -2.29. The number of esters is 2. The van der Waals surface area contributed by atoms with Gasteiger partial charge in [0.15, 0.2) is 6.10 Å². The molecule has 0 aromatic carbocycles. The molecule has 0 radical (unpaired) electrons. The zero-order valence-electron chi connectivity index (χ0n) is 54.0. The summed E-state index contributed by atoms with van der Waals surface area (Å²) in [5.74, 6) is -0.807. The van der Waals surface area contributed by atoms with Crippen LogP contribution < -0.4 is 5.73 Å². The smallest absolute Gasteiger partial charge is 0.462 e. The number of hydrogen-bond donors (Lipinski definition) is 2. The van der Waals surface area contributed by atoms with Gasteiger partial charge < -0.3 is 20.1 Å². The first-order valence-electron chi connectivity index (χ1n) is 35.3. The Morgan fingerprint density at radius 1 is 0.378 bits per heavy atom. The quantitative estimate of drug-likeness (QED) is 0.0264. The van der Waals surface area contributed by atoms with Crippen molar-refractivity contribution in [2.24, 2.45) is 5.73 Å². The van der Waals surface area contributed by atoms with Gasteiger partial charge in [-0.1, -0.05) is 344 Å². The third-order valence-corrected chi connectivity index (χ3v) is 16.7. The first-order valence-corrected chi connectivity index (χ1v) is 36.8. The summed E-state index contributed by atoms with van der Waals surface area (Å²) in [6.45, 7) is 3.70. The second kappa shape index (κ2) is 67.8. The average Bonchev–Trinajstić information content (AvgIpc) is 3.49. The summed E-state index contributed by atoms with van der Waals surface area (Å²) in [6.07, 6.45) is 87.5. The van der Waals surface area contributed by atoms with Crippen LogP contribution in [0.1, 0.15) is 354 Å². The highest BCUT2D eigenvalue weighted by Gasteiger charge is 2.26. The summed E-state index contributed by atoms with van der Waals surface area (Å²) >= 11 is 0. The largest absolute Gasteiger partial charge is 0.472 e. The molecule has 0 bridgehead atoms. The highest BCUT2D eigenvalue weighted by molar-refractivity contribution is 7.47. The van der Waals surface area contributed by atoms with Crippen LogP contribution in [-0.4, -0.2) is 49.3 Å². The lowest BCUT2D eigenvalue weighted by Crippen LogP contribution is -2.29. The molecular formula is C72H134NO8P. The van der Waals surface area contributed by atoms with E-state index in [4.69, 9.17) is 24.3 Å². The number of rotatable bonds is 67. The highest BCUT2D eigenvalue weighted by atomic mass is 31.2. The third-order valence-electron chi connectivity index (χ3n) is 15.7. The van der Waals surface area contributed by atoms with E-state index in [1.807, 2.05) is 0 Å². The fraction of sp³-hybridized carbons (Fsp3) is 0.833. The molecule has 0 amide bonds. The standard InChI is InChI=1S/C72H134NO8P/c1-3-5-7-9-11-13-15-17-19-21-23-25-27-29-31-32-33-34-35-36-37-38-39-41-43-45-47-49-51-53-55-57-59-61-63-65-72(75)81-70(69-80-82(76,77)79-67-66-73)68-78-71(74)64-62-60-58-56-54-52-50-48-46-44-42-40-30-28-26-24-22-20-18-16-14-12-10-8-6-4-2/h5,7,11,13,17,19,23,25,29,31,70H,3-4,6,8-10,12,14-16,18,20-22,24,26-28,30,32-69,73H2,1-2H3,(H,76,77)/b7-5-,13-11-,19-17-,25-23-,31-29-. The second-order valence-corrected chi connectivity index (χ2v) is 25.2. The van der Waals surface area contributed by atoms with Crippen molar-refractivity contribution in [2.45, 2.75) is 360 Å². The van der Waals surface area contributed by atoms with Crippen molar-refractivity contribution in [3.05, 3.63) is 60.8 Å². The van der Waals surface area contributed by atoms with Crippen LogP contribution in [0, 0.1) is 0 Å². The van der Waals surface area contributed by atoms with Crippen molar-refractivity contribution < 1.29 is 37.6 Å². The van der Waals surface area contributed by atoms with Crippen molar-refractivity contribution in [1.29, 1.82) is 0 Å². The van der Waals surface area contributed by atoms with E-state index in [1.54, 1.807) is 0 Å². The van der Waals surface area contributed by atoms with Crippen molar-refractivity contribution in [2.75, 3.05) is 26.4 Å². The molecule has 0 aliphatic carbocycles. The molecule has 0 saturated carbocycles. The van der Waals surface area contributed by atoms with Gasteiger partial charge in [0.1, 0.15) is 6.61 Å². The minimum absolute atomic E-state index is 0.0552. The molecule has 0 aromatic rings. The molecule has 480 valence electrons.